The monoisotopic (exact) mass is 384 g/mol. The summed E-state index contributed by atoms with van der Waals surface area (Å²) in [4.78, 5) is 20.7. The van der Waals surface area contributed by atoms with Crippen LogP contribution in [0.3, 0.4) is 0 Å². The van der Waals surface area contributed by atoms with E-state index in [2.05, 4.69) is 11.1 Å². The van der Waals surface area contributed by atoms with Crippen LogP contribution in [0.25, 0.3) is 9.88 Å². The van der Waals surface area contributed by atoms with Crippen LogP contribution in [-0.2, 0) is 17.8 Å². The molecule has 0 N–H and O–H groups in total. The van der Waals surface area contributed by atoms with E-state index in [0.717, 1.165) is 39.7 Å². The summed E-state index contributed by atoms with van der Waals surface area (Å²) in [5.74, 6) is 0.993. The molecule has 1 saturated carbocycles. The SMILES string of the molecule is COc1ccc(CN(C(=O)Cc2csc(-c3cccs3)n2)C2CC2)cc1. The summed E-state index contributed by atoms with van der Waals surface area (Å²) >= 11 is 3.28. The van der Waals surface area contributed by atoms with E-state index >= 15 is 0 Å². The van der Waals surface area contributed by atoms with Gasteiger partial charge in [-0.05, 0) is 42.0 Å². The van der Waals surface area contributed by atoms with Gasteiger partial charge in [0, 0.05) is 18.0 Å². The van der Waals surface area contributed by atoms with Gasteiger partial charge in [-0.15, -0.1) is 22.7 Å². The highest BCUT2D eigenvalue weighted by molar-refractivity contribution is 7.20. The minimum Gasteiger partial charge on any atom is -0.497 e. The van der Waals surface area contributed by atoms with Crippen LogP contribution in [0.5, 0.6) is 5.75 Å². The van der Waals surface area contributed by atoms with Gasteiger partial charge in [0.05, 0.1) is 24.1 Å². The normalized spacial score (nSPS) is 13.6. The zero-order valence-corrected chi connectivity index (χ0v) is 16.2. The van der Waals surface area contributed by atoms with E-state index in [9.17, 15) is 4.79 Å². The third-order valence-electron chi connectivity index (χ3n) is 4.44. The number of hydrogen-bond acceptors (Lipinski definition) is 5. The van der Waals surface area contributed by atoms with Gasteiger partial charge in [0.25, 0.3) is 0 Å². The third kappa shape index (κ3) is 3.97. The summed E-state index contributed by atoms with van der Waals surface area (Å²) in [6.07, 6.45) is 2.56. The standard InChI is InChI=1S/C20H20N2O2S2/c1-24-17-8-4-14(5-9-17)12-22(16-6-7-16)19(23)11-15-13-26-20(21-15)18-3-2-10-25-18/h2-5,8-10,13,16H,6-7,11-12H2,1H3. The minimum absolute atomic E-state index is 0.159. The van der Waals surface area contributed by atoms with Gasteiger partial charge in [-0.1, -0.05) is 18.2 Å². The summed E-state index contributed by atoms with van der Waals surface area (Å²) in [5.41, 5.74) is 1.99. The van der Waals surface area contributed by atoms with Gasteiger partial charge in [-0.2, -0.15) is 0 Å². The van der Waals surface area contributed by atoms with E-state index in [1.54, 1.807) is 29.8 Å². The van der Waals surface area contributed by atoms with Crippen molar-refractivity contribution in [2.75, 3.05) is 7.11 Å². The van der Waals surface area contributed by atoms with Crippen molar-refractivity contribution in [3.63, 3.8) is 0 Å². The maximum atomic E-state index is 12.9. The molecule has 3 aromatic rings. The molecule has 0 bridgehead atoms. The number of carbonyl (C=O) groups is 1. The first-order valence-electron chi connectivity index (χ1n) is 8.63. The fourth-order valence-corrected chi connectivity index (χ4v) is 4.53. The fraction of sp³-hybridized carbons (Fsp3) is 0.300. The lowest BCUT2D eigenvalue weighted by atomic mass is 10.2. The molecule has 1 aliphatic rings. The maximum absolute atomic E-state index is 12.9. The Morgan fingerprint density at radius 1 is 1.23 bits per heavy atom. The Morgan fingerprint density at radius 3 is 2.69 bits per heavy atom. The summed E-state index contributed by atoms with van der Waals surface area (Å²) in [7, 11) is 1.66. The highest BCUT2D eigenvalue weighted by atomic mass is 32.1. The first kappa shape index (κ1) is 17.2. The minimum atomic E-state index is 0.159. The van der Waals surface area contributed by atoms with E-state index in [1.807, 2.05) is 46.0 Å². The van der Waals surface area contributed by atoms with Crippen LogP contribution in [-0.4, -0.2) is 28.9 Å². The Balaban J connectivity index is 1.44. The van der Waals surface area contributed by atoms with Gasteiger partial charge in [0.1, 0.15) is 10.8 Å². The van der Waals surface area contributed by atoms with Crippen molar-refractivity contribution >= 4 is 28.6 Å². The molecule has 4 nitrogen and oxygen atoms in total. The average molecular weight is 385 g/mol. The highest BCUT2D eigenvalue weighted by Crippen LogP contribution is 2.31. The Morgan fingerprint density at radius 2 is 2.04 bits per heavy atom. The van der Waals surface area contributed by atoms with Gasteiger partial charge < -0.3 is 9.64 Å². The topological polar surface area (TPSA) is 42.4 Å². The Bertz CT molecular complexity index is 868. The lowest BCUT2D eigenvalue weighted by Gasteiger charge is -2.22. The van der Waals surface area contributed by atoms with Crippen LogP contribution < -0.4 is 4.74 Å². The molecule has 2 heterocycles. The number of rotatable bonds is 7. The van der Waals surface area contributed by atoms with E-state index < -0.39 is 0 Å². The Hall–Kier alpha value is -2.18. The molecule has 0 atom stereocenters. The van der Waals surface area contributed by atoms with Crippen LogP contribution in [0.1, 0.15) is 24.1 Å². The second-order valence-corrected chi connectivity index (χ2v) is 8.20. The third-order valence-corrected chi connectivity index (χ3v) is 6.37. The molecule has 0 aliphatic heterocycles. The summed E-state index contributed by atoms with van der Waals surface area (Å²) in [6, 6.07) is 12.4. The van der Waals surface area contributed by atoms with Crippen LogP contribution in [0, 0.1) is 0 Å². The number of thiophene rings is 1. The first-order chi connectivity index (χ1) is 12.7. The molecule has 2 aromatic heterocycles. The van der Waals surface area contributed by atoms with Gasteiger partial charge in [0.15, 0.2) is 0 Å². The second-order valence-electron chi connectivity index (χ2n) is 6.40. The van der Waals surface area contributed by atoms with Gasteiger partial charge in [-0.25, -0.2) is 4.98 Å². The largest absolute Gasteiger partial charge is 0.497 e. The van der Waals surface area contributed by atoms with Crippen LogP contribution in [0.15, 0.2) is 47.2 Å². The quantitative estimate of drug-likeness (QED) is 0.597. The Kier molecular flexibility index (Phi) is 5.04. The van der Waals surface area contributed by atoms with Crippen molar-refractivity contribution in [3.05, 3.63) is 58.4 Å². The predicted octanol–water partition coefficient (Wildman–Crippen LogP) is 4.61. The molecular formula is C20H20N2O2S2. The van der Waals surface area contributed by atoms with Crippen LogP contribution in [0.2, 0.25) is 0 Å². The molecule has 134 valence electrons. The molecule has 1 amide bonds. The van der Waals surface area contributed by atoms with E-state index in [-0.39, 0.29) is 5.91 Å². The molecule has 0 spiro atoms. The molecular weight excluding hydrogens is 364 g/mol. The molecule has 1 aliphatic carbocycles. The van der Waals surface area contributed by atoms with Crippen LogP contribution >= 0.6 is 22.7 Å². The summed E-state index contributed by atoms with van der Waals surface area (Å²) in [6.45, 7) is 0.648. The van der Waals surface area contributed by atoms with E-state index in [1.165, 1.54) is 0 Å². The van der Waals surface area contributed by atoms with E-state index in [4.69, 9.17) is 4.74 Å². The van der Waals surface area contributed by atoms with Gasteiger partial charge in [-0.3, -0.25) is 4.79 Å². The first-order valence-corrected chi connectivity index (χ1v) is 10.4. The molecule has 4 rings (SSSR count). The highest BCUT2D eigenvalue weighted by Gasteiger charge is 2.32. The zero-order valence-electron chi connectivity index (χ0n) is 14.6. The van der Waals surface area contributed by atoms with Crippen molar-refractivity contribution < 1.29 is 9.53 Å². The van der Waals surface area contributed by atoms with E-state index in [0.29, 0.717) is 19.0 Å². The molecule has 26 heavy (non-hydrogen) atoms. The smallest absolute Gasteiger partial charge is 0.229 e. The molecule has 0 radical (unpaired) electrons. The van der Waals surface area contributed by atoms with Crippen molar-refractivity contribution in [2.45, 2.75) is 31.8 Å². The average Bonchev–Trinajstić information content (AvgIpc) is 3.15. The molecule has 0 saturated heterocycles. The lowest BCUT2D eigenvalue weighted by molar-refractivity contribution is -0.131. The number of thiazole rings is 1. The molecule has 6 heteroatoms. The van der Waals surface area contributed by atoms with Crippen molar-refractivity contribution in [1.29, 1.82) is 0 Å². The zero-order chi connectivity index (χ0) is 17.9. The van der Waals surface area contributed by atoms with Gasteiger partial charge in [0.2, 0.25) is 5.91 Å². The number of methoxy groups -OCH3 is 1. The number of carbonyl (C=O) groups excluding carboxylic acids is 1. The van der Waals surface area contributed by atoms with Crippen molar-refractivity contribution in [1.82, 2.24) is 9.88 Å². The van der Waals surface area contributed by atoms with Gasteiger partial charge >= 0.3 is 0 Å². The summed E-state index contributed by atoms with van der Waals surface area (Å²) < 4.78 is 5.21. The van der Waals surface area contributed by atoms with Crippen molar-refractivity contribution in [3.8, 4) is 15.6 Å². The number of hydrogen-bond donors (Lipinski definition) is 0. The second kappa shape index (κ2) is 7.60. The molecule has 1 fully saturated rings. The maximum Gasteiger partial charge on any atom is 0.229 e. The number of aromatic nitrogens is 1. The lowest BCUT2D eigenvalue weighted by Crippen LogP contribution is -2.33. The number of amides is 1. The number of ether oxygens (including phenoxy) is 1. The Labute approximate surface area is 161 Å². The summed E-state index contributed by atoms with van der Waals surface area (Å²) in [5, 5.41) is 5.05. The van der Waals surface area contributed by atoms with Crippen LogP contribution in [0.4, 0.5) is 0 Å². The molecule has 1 aromatic carbocycles. The fourth-order valence-electron chi connectivity index (χ4n) is 2.89. The van der Waals surface area contributed by atoms with Crippen molar-refractivity contribution in [2.24, 2.45) is 0 Å². The predicted molar refractivity (Wildman–Crippen MR) is 106 cm³/mol. The number of benzene rings is 1. The number of nitrogens with zero attached hydrogens (tertiary/aromatic N) is 2. The molecule has 0 unspecified atom stereocenters.